The summed E-state index contributed by atoms with van der Waals surface area (Å²) in [7, 11) is 0. The average molecular weight is 242 g/mol. The molecule has 0 saturated carbocycles. The Bertz CT molecular complexity index is 530. The number of hydrogen-bond donors (Lipinski definition) is 1. The summed E-state index contributed by atoms with van der Waals surface area (Å²) in [5.41, 5.74) is 1.95. The van der Waals surface area contributed by atoms with Crippen LogP contribution in [0.1, 0.15) is 31.8 Å². The van der Waals surface area contributed by atoms with Crippen LogP contribution < -0.4 is 5.73 Å². The van der Waals surface area contributed by atoms with Gasteiger partial charge in [-0.3, -0.25) is 9.59 Å². The molecule has 0 spiro atoms. The maximum absolute atomic E-state index is 12.5. The van der Waals surface area contributed by atoms with Gasteiger partial charge >= 0.3 is 6.18 Å². The van der Waals surface area contributed by atoms with Crippen LogP contribution in [-0.4, -0.2) is 12.2 Å². The minimum atomic E-state index is -4.78. The zero-order valence-electron chi connectivity index (χ0n) is 8.21. The summed E-state index contributed by atoms with van der Waals surface area (Å²) in [6.45, 7) is 0. The predicted octanol–water partition coefficient (Wildman–Crippen LogP) is 1.49. The fraction of sp³-hybridized carbons (Fsp3) is 0.100. The minimum Gasteiger partial charge on any atom is -0.366 e. The molecule has 0 aliphatic carbocycles. The molecule has 88 valence electrons. The number of aldehydes is 1. The Morgan fingerprint density at radius 1 is 1.41 bits per heavy atom. The topological polar surface area (TPSA) is 83.9 Å². The predicted molar refractivity (Wildman–Crippen MR) is 50.1 cm³/mol. The fourth-order valence-corrected chi connectivity index (χ4v) is 1.25. The second-order valence-corrected chi connectivity index (χ2v) is 3.08. The highest BCUT2D eigenvalue weighted by molar-refractivity contribution is 6.01. The van der Waals surface area contributed by atoms with E-state index in [1.54, 1.807) is 0 Å². The van der Waals surface area contributed by atoms with Crippen molar-refractivity contribution in [3.8, 4) is 6.07 Å². The normalized spacial score (nSPS) is 10.7. The van der Waals surface area contributed by atoms with E-state index in [9.17, 15) is 22.8 Å². The first kappa shape index (κ1) is 12.7. The molecule has 17 heavy (non-hydrogen) atoms. The molecule has 0 heterocycles. The van der Waals surface area contributed by atoms with Crippen molar-refractivity contribution in [3.05, 3.63) is 34.4 Å². The Balaban J connectivity index is 3.62. The molecule has 0 atom stereocenters. The molecule has 1 amide bonds. The number of benzene rings is 1. The Labute approximate surface area is 93.4 Å². The third kappa shape index (κ3) is 2.42. The van der Waals surface area contributed by atoms with E-state index in [1.807, 2.05) is 0 Å². The highest BCUT2D eigenvalue weighted by Crippen LogP contribution is 2.33. The second kappa shape index (κ2) is 4.25. The van der Waals surface area contributed by atoms with Gasteiger partial charge in [-0.05, 0) is 12.1 Å². The van der Waals surface area contributed by atoms with Crippen LogP contribution in [0.15, 0.2) is 12.1 Å². The Kier molecular flexibility index (Phi) is 3.18. The van der Waals surface area contributed by atoms with Crippen LogP contribution in [0.25, 0.3) is 0 Å². The third-order valence-corrected chi connectivity index (χ3v) is 2.01. The van der Waals surface area contributed by atoms with Gasteiger partial charge in [0.15, 0.2) is 6.29 Å². The van der Waals surface area contributed by atoms with E-state index >= 15 is 0 Å². The summed E-state index contributed by atoms with van der Waals surface area (Å²) >= 11 is 0. The molecule has 0 saturated heterocycles. The van der Waals surface area contributed by atoms with Gasteiger partial charge in [0.2, 0.25) is 5.91 Å². The minimum absolute atomic E-state index is 0.0798. The van der Waals surface area contributed by atoms with Gasteiger partial charge in [-0.2, -0.15) is 18.4 Å². The summed E-state index contributed by atoms with van der Waals surface area (Å²) < 4.78 is 37.5. The number of nitriles is 1. The fourth-order valence-electron chi connectivity index (χ4n) is 1.25. The van der Waals surface area contributed by atoms with Gasteiger partial charge in [-0.15, -0.1) is 0 Å². The molecule has 0 aromatic heterocycles. The number of nitrogens with two attached hydrogens (primary N) is 1. The highest BCUT2D eigenvalue weighted by atomic mass is 19.4. The van der Waals surface area contributed by atoms with E-state index in [0.717, 1.165) is 0 Å². The molecule has 4 nitrogen and oxygen atoms in total. The largest absolute Gasteiger partial charge is 0.417 e. The quantitative estimate of drug-likeness (QED) is 0.797. The van der Waals surface area contributed by atoms with Crippen molar-refractivity contribution >= 4 is 12.2 Å². The lowest BCUT2D eigenvalue weighted by Crippen LogP contribution is -2.17. The molecular weight excluding hydrogens is 237 g/mol. The number of primary amides is 1. The van der Waals surface area contributed by atoms with E-state index in [0.29, 0.717) is 12.1 Å². The lowest BCUT2D eigenvalue weighted by Gasteiger charge is -2.10. The SMILES string of the molecule is N#Cc1cc(C(N)=O)c(C=O)cc1C(F)(F)F. The van der Waals surface area contributed by atoms with Crippen LogP contribution in [0, 0.1) is 11.3 Å². The molecule has 0 aliphatic heterocycles. The molecule has 2 N–H and O–H groups in total. The zero-order valence-corrected chi connectivity index (χ0v) is 8.21. The number of carbonyl (C=O) groups is 2. The van der Waals surface area contributed by atoms with E-state index in [4.69, 9.17) is 11.0 Å². The first-order chi connectivity index (χ1) is 7.81. The van der Waals surface area contributed by atoms with Crippen LogP contribution in [0.3, 0.4) is 0 Å². The molecule has 1 aromatic carbocycles. The van der Waals surface area contributed by atoms with Gasteiger partial charge in [0.25, 0.3) is 0 Å². The monoisotopic (exact) mass is 242 g/mol. The summed E-state index contributed by atoms with van der Waals surface area (Å²) in [5.74, 6) is -1.07. The van der Waals surface area contributed by atoms with Crippen LogP contribution in [0.5, 0.6) is 0 Å². The smallest absolute Gasteiger partial charge is 0.366 e. The molecular formula is C10H5F3N2O2. The van der Waals surface area contributed by atoms with Crippen molar-refractivity contribution in [1.29, 1.82) is 5.26 Å². The van der Waals surface area contributed by atoms with Crippen LogP contribution >= 0.6 is 0 Å². The van der Waals surface area contributed by atoms with Crippen LogP contribution in [-0.2, 0) is 6.18 Å². The van der Waals surface area contributed by atoms with Crippen molar-refractivity contribution < 1.29 is 22.8 Å². The van der Waals surface area contributed by atoms with Crippen LogP contribution in [0.2, 0.25) is 0 Å². The molecule has 0 unspecified atom stereocenters. The number of halogens is 3. The van der Waals surface area contributed by atoms with Gasteiger partial charge in [-0.1, -0.05) is 0 Å². The average Bonchev–Trinajstić information content (AvgIpc) is 2.25. The summed E-state index contributed by atoms with van der Waals surface area (Å²) in [4.78, 5) is 21.4. The molecule has 1 rings (SSSR count). The number of alkyl halides is 3. The highest BCUT2D eigenvalue weighted by Gasteiger charge is 2.34. The third-order valence-electron chi connectivity index (χ3n) is 2.01. The maximum Gasteiger partial charge on any atom is 0.417 e. The van der Waals surface area contributed by atoms with Gasteiger partial charge < -0.3 is 5.73 Å². The molecule has 1 aromatic rings. The summed E-state index contributed by atoms with van der Waals surface area (Å²) in [6.07, 6.45) is -4.70. The Hall–Kier alpha value is -2.36. The summed E-state index contributed by atoms with van der Waals surface area (Å²) in [6, 6.07) is 2.40. The van der Waals surface area contributed by atoms with Crippen molar-refractivity contribution in [2.75, 3.05) is 0 Å². The first-order valence-corrected chi connectivity index (χ1v) is 4.21. The van der Waals surface area contributed by atoms with E-state index < -0.39 is 34.3 Å². The van der Waals surface area contributed by atoms with E-state index in [1.165, 1.54) is 6.07 Å². The van der Waals surface area contributed by atoms with Gasteiger partial charge in [0, 0.05) is 5.56 Å². The van der Waals surface area contributed by atoms with Crippen molar-refractivity contribution in [2.45, 2.75) is 6.18 Å². The number of carbonyl (C=O) groups excluding carboxylic acids is 2. The standard InChI is InChI=1S/C10H5F3N2O2/c11-10(12,13)8-2-6(4-16)7(9(15)17)1-5(8)3-14/h1-2,4H,(H2,15,17). The van der Waals surface area contributed by atoms with Crippen molar-refractivity contribution in [2.24, 2.45) is 5.73 Å². The number of nitrogens with zero attached hydrogens (tertiary/aromatic N) is 1. The second-order valence-electron chi connectivity index (χ2n) is 3.08. The van der Waals surface area contributed by atoms with Crippen molar-refractivity contribution in [1.82, 2.24) is 0 Å². The Morgan fingerprint density at radius 2 is 2.00 bits per heavy atom. The molecule has 0 bridgehead atoms. The summed E-state index contributed by atoms with van der Waals surface area (Å²) in [5, 5.41) is 8.56. The molecule has 7 heteroatoms. The van der Waals surface area contributed by atoms with Gasteiger partial charge in [0.05, 0.1) is 22.8 Å². The van der Waals surface area contributed by atoms with Crippen molar-refractivity contribution in [3.63, 3.8) is 0 Å². The van der Waals surface area contributed by atoms with E-state index in [-0.39, 0.29) is 6.29 Å². The lowest BCUT2D eigenvalue weighted by atomic mass is 9.99. The van der Waals surface area contributed by atoms with Gasteiger partial charge in [0.1, 0.15) is 0 Å². The zero-order chi connectivity index (χ0) is 13.2. The number of amides is 1. The molecule has 0 aliphatic rings. The first-order valence-electron chi connectivity index (χ1n) is 4.21. The lowest BCUT2D eigenvalue weighted by molar-refractivity contribution is -0.137. The van der Waals surface area contributed by atoms with E-state index in [2.05, 4.69) is 0 Å². The number of hydrogen-bond acceptors (Lipinski definition) is 3. The van der Waals surface area contributed by atoms with Crippen LogP contribution in [0.4, 0.5) is 13.2 Å². The molecule has 0 radical (unpaired) electrons. The maximum atomic E-state index is 12.5. The van der Waals surface area contributed by atoms with Gasteiger partial charge in [-0.25, -0.2) is 0 Å². The Morgan fingerprint density at radius 3 is 2.35 bits per heavy atom. The number of rotatable bonds is 2. The molecule has 0 fully saturated rings.